The molecule has 0 aromatic heterocycles. The van der Waals surface area contributed by atoms with E-state index in [1.807, 2.05) is 0 Å². The van der Waals surface area contributed by atoms with Crippen molar-refractivity contribution in [1.29, 1.82) is 0 Å². The molecule has 2 amide bonds. The number of methoxy groups -OCH3 is 1. The summed E-state index contributed by atoms with van der Waals surface area (Å²) in [5.74, 6) is 0.104. The van der Waals surface area contributed by atoms with E-state index < -0.39 is 21.3 Å². The van der Waals surface area contributed by atoms with Gasteiger partial charge in [-0.2, -0.15) is 8.42 Å². The molecule has 7 nitrogen and oxygen atoms in total. The highest BCUT2D eigenvalue weighted by Crippen LogP contribution is 2.34. The summed E-state index contributed by atoms with van der Waals surface area (Å²) >= 11 is 12.7. The second kappa shape index (κ2) is 10.3. The van der Waals surface area contributed by atoms with E-state index in [-0.39, 0.29) is 22.1 Å². The number of rotatable bonds is 7. The van der Waals surface area contributed by atoms with Crippen molar-refractivity contribution in [3.63, 3.8) is 0 Å². The number of amides is 2. The summed E-state index contributed by atoms with van der Waals surface area (Å²) in [5.41, 5.74) is 1.15. The van der Waals surface area contributed by atoms with Gasteiger partial charge in [0.1, 0.15) is 16.4 Å². The third-order valence-corrected chi connectivity index (χ3v) is 7.82. The molecule has 0 aliphatic carbocycles. The molecule has 3 aromatic rings. The fraction of sp³-hybridized carbons (Fsp3) is 0.0833. The van der Waals surface area contributed by atoms with Gasteiger partial charge in [0.15, 0.2) is 0 Å². The fourth-order valence-electron chi connectivity index (χ4n) is 3.18. The van der Waals surface area contributed by atoms with Gasteiger partial charge in [-0.15, -0.1) is 0 Å². The lowest BCUT2D eigenvalue weighted by atomic mass is 10.2. The van der Waals surface area contributed by atoms with Crippen molar-refractivity contribution in [2.75, 3.05) is 7.11 Å². The van der Waals surface area contributed by atoms with Gasteiger partial charge < -0.3 is 8.92 Å². The number of nitrogens with zero attached hydrogens (tertiary/aromatic N) is 1. The number of hydrogen-bond acceptors (Lipinski definition) is 7. The summed E-state index contributed by atoms with van der Waals surface area (Å²) in [5, 5.41) is 0.274. The van der Waals surface area contributed by atoms with E-state index in [4.69, 9.17) is 32.1 Å². The molecule has 1 aliphatic heterocycles. The topological polar surface area (TPSA) is 90.0 Å². The highest BCUT2D eigenvalue weighted by molar-refractivity contribution is 8.18. The highest BCUT2D eigenvalue weighted by atomic mass is 35.5. The van der Waals surface area contributed by atoms with Gasteiger partial charge >= 0.3 is 10.1 Å². The van der Waals surface area contributed by atoms with E-state index in [2.05, 4.69) is 0 Å². The molecular weight excluding hydrogens is 533 g/mol. The van der Waals surface area contributed by atoms with Crippen LogP contribution in [0.15, 0.2) is 76.5 Å². The van der Waals surface area contributed by atoms with Gasteiger partial charge in [0, 0.05) is 0 Å². The maximum atomic E-state index is 12.8. The maximum Gasteiger partial charge on any atom is 0.339 e. The van der Waals surface area contributed by atoms with Crippen molar-refractivity contribution in [3.8, 4) is 11.5 Å². The van der Waals surface area contributed by atoms with Crippen LogP contribution in [0.2, 0.25) is 10.0 Å². The summed E-state index contributed by atoms with van der Waals surface area (Å²) in [6, 6.07) is 16.9. The fourth-order valence-corrected chi connectivity index (χ4v) is 5.26. The predicted molar refractivity (Wildman–Crippen MR) is 135 cm³/mol. The number of carbonyl (C=O) groups excluding carboxylic acids is 2. The summed E-state index contributed by atoms with van der Waals surface area (Å²) in [6.07, 6.45) is 1.51. The molecule has 1 fully saturated rings. The van der Waals surface area contributed by atoms with Crippen molar-refractivity contribution in [2.45, 2.75) is 11.4 Å². The van der Waals surface area contributed by atoms with Crippen LogP contribution in [0.3, 0.4) is 0 Å². The predicted octanol–water partition coefficient (Wildman–Crippen LogP) is 6.01. The Morgan fingerprint density at radius 3 is 2.37 bits per heavy atom. The van der Waals surface area contributed by atoms with Crippen molar-refractivity contribution < 1.29 is 26.9 Å². The first kappa shape index (κ1) is 25.1. The second-order valence-corrected chi connectivity index (χ2v) is 10.7. The van der Waals surface area contributed by atoms with Crippen LogP contribution < -0.4 is 8.92 Å². The Labute approximate surface area is 216 Å². The minimum atomic E-state index is -4.08. The number of imide groups is 1. The van der Waals surface area contributed by atoms with E-state index in [1.54, 1.807) is 30.3 Å². The van der Waals surface area contributed by atoms with Crippen molar-refractivity contribution in [3.05, 3.63) is 92.8 Å². The zero-order valence-electron chi connectivity index (χ0n) is 18.1. The Balaban J connectivity index is 1.51. The molecule has 35 heavy (non-hydrogen) atoms. The monoisotopic (exact) mass is 549 g/mol. The molecule has 1 heterocycles. The molecule has 4 rings (SSSR count). The van der Waals surface area contributed by atoms with Crippen LogP contribution in [0, 0.1) is 0 Å². The average Bonchev–Trinajstić information content (AvgIpc) is 3.08. The van der Waals surface area contributed by atoms with E-state index in [9.17, 15) is 18.0 Å². The number of thioether (sulfide) groups is 1. The number of benzene rings is 3. The molecule has 1 saturated heterocycles. The smallest absolute Gasteiger partial charge is 0.339 e. The molecule has 0 unspecified atom stereocenters. The zero-order valence-corrected chi connectivity index (χ0v) is 21.2. The van der Waals surface area contributed by atoms with E-state index in [1.165, 1.54) is 49.6 Å². The first-order valence-corrected chi connectivity index (χ1v) is 13.0. The van der Waals surface area contributed by atoms with Gasteiger partial charge in [0.2, 0.25) is 0 Å². The van der Waals surface area contributed by atoms with Gasteiger partial charge in [-0.3, -0.25) is 14.5 Å². The van der Waals surface area contributed by atoms with Crippen LogP contribution in [0.4, 0.5) is 4.79 Å². The molecular formula is C24H17Cl2NO6S2. The number of ether oxygens (including phenoxy) is 1. The summed E-state index contributed by atoms with van der Waals surface area (Å²) in [4.78, 5) is 26.6. The van der Waals surface area contributed by atoms with E-state index >= 15 is 0 Å². The minimum absolute atomic E-state index is 0.0351. The Bertz CT molecular complexity index is 1440. The van der Waals surface area contributed by atoms with Crippen LogP contribution in [0.1, 0.15) is 11.1 Å². The van der Waals surface area contributed by atoms with Gasteiger partial charge in [0.25, 0.3) is 11.1 Å². The number of carbonyl (C=O) groups is 2. The minimum Gasteiger partial charge on any atom is -0.497 e. The quantitative estimate of drug-likeness (QED) is 0.263. The second-order valence-electron chi connectivity index (χ2n) is 7.30. The summed E-state index contributed by atoms with van der Waals surface area (Å²) < 4.78 is 35.5. The lowest BCUT2D eigenvalue weighted by Gasteiger charge is -2.13. The van der Waals surface area contributed by atoms with Gasteiger partial charge in [-0.1, -0.05) is 41.4 Å². The molecule has 3 aromatic carbocycles. The maximum absolute atomic E-state index is 12.8. The molecule has 0 spiro atoms. The Morgan fingerprint density at radius 1 is 0.943 bits per heavy atom. The lowest BCUT2D eigenvalue weighted by molar-refractivity contribution is -0.123. The molecule has 0 N–H and O–H groups in total. The third kappa shape index (κ3) is 5.82. The lowest BCUT2D eigenvalue weighted by Crippen LogP contribution is -2.27. The molecule has 1 aliphatic rings. The van der Waals surface area contributed by atoms with E-state index in [0.717, 1.165) is 16.7 Å². The molecule has 0 atom stereocenters. The highest BCUT2D eigenvalue weighted by Gasteiger charge is 2.35. The standard InChI is InChI=1S/C24H17Cl2NO6S2/c1-32-17-6-8-19(9-7-17)35(30,31)33-18-4-2-3-15(11-18)13-22-23(28)27(24(29)34-22)14-16-5-10-20(25)21(26)12-16/h2-13H,14H2,1H3/b22-13-. The third-order valence-electron chi connectivity index (χ3n) is 4.91. The summed E-state index contributed by atoms with van der Waals surface area (Å²) in [7, 11) is -2.60. The van der Waals surface area contributed by atoms with E-state index in [0.29, 0.717) is 26.9 Å². The largest absolute Gasteiger partial charge is 0.497 e. The Morgan fingerprint density at radius 2 is 1.69 bits per heavy atom. The van der Waals surface area contributed by atoms with Crippen LogP contribution in [-0.2, 0) is 21.5 Å². The van der Waals surface area contributed by atoms with Crippen molar-refractivity contribution in [1.82, 2.24) is 4.90 Å². The average molecular weight is 550 g/mol. The molecule has 0 radical (unpaired) electrons. The van der Waals surface area contributed by atoms with Crippen LogP contribution in [0.5, 0.6) is 11.5 Å². The van der Waals surface area contributed by atoms with Crippen LogP contribution >= 0.6 is 35.0 Å². The van der Waals surface area contributed by atoms with Gasteiger partial charge in [-0.05, 0) is 77.5 Å². The van der Waals surface area contributed by atoms with Crippen LogP contribution in [0.25, 0.3) is 6.08 Å². The Kier molecular flexibility index (Phi) is 7.42. The molecule has 0 bridgehead atoms. The molecule has 0 saturated carbocycles. The van der Waals surface area contributed by atoms with Gasteiger partial charge in [-0.25, -0.2) is 0 Å². The SMILES string of the molecule is COc1ccc(S(=O)(=O)Oc2cccc(/C=C3\SC(=O)N(Cc4ccc(Cl)c(Cl)c4)C3=O)c2)cc1. The molecule has 180 valence electrons. The number of halogens is 2. The van der Waals surface area contributed by atoms with Crippen LogP contribution in [-0.4, -0.2) is 31.6 Å². The molecule has 11 heteroatoms. The first-order valence-electron chi connectivity index (χ1n) is 10.0. The van der Waals surface area contributed by atoms with Crippen molar-refractivity contribution in [2.24, 2.45) is 0 Å². The first-order chi connectivity index (χ1) is 16.7. The Hall–Kier alpha value is -2.98. The summed E-state index contributed by atoms with van der Waals surface area (Å²) in [6.45, 7) is 0.0438. The van der Waals surface area contributed by atoms with Gasteiger partial charge in [0.05, 0.1) is 28.6 Å². The number of hydrogen-bond donors (Lipinski definition) is 0. The zero-order chi connectivity index (χ0) is 25.2. The normalized spacial score (nSPS) is 15.1. The van der Waals surface area contributed by atoms with Crippen molar-refractivity contribution >= 4 is 62.3 Å².